The van der Waals surface area contributed by atoms with Crippen LogP contribution in [0, 0.1) is 26.4 Å². The van der Waals surface area contributed by atoms with Crippen molar-refractivity contribution in [3.63, 3.8) is 0 Å². The predicted molar refractivity (Wildman–Crippen MR) is 109 cm³/mol. The van der Waals surface area contributed by atoms with E-state index < -0.39 is 34.8 Å². The van der Waals surface area contributed by atoms with E-state index in [1.165, 1.54) is 24.1 Å². The van der Waals surface area contributed by atoms with Gasteiger partial charge in [0.25, 0.3) is 5.91 Å². The van der Waals surface area contributed by atoms with Gasteiger partial charge < -0.3 is 26.0 Å². The van der Waals surface area contributed by atoms with Crippen LogP contribution in [0.2, 0.25) is 0 Å². The molecule has 2 aromatic carbocycles. The number of likely N-dealkylation sites (tertiary alicyclic amines) is 1. The quantitative estimate of drug-likeness (QED) is 0.215. The van der Waals surface area contributed by atoms with Crippen molar-refractivity contribution in [2.75, 3.05) is 25.5 Å². The molecule has 1 aliphatic rings. The fourth-order valence-corrected chi connectivity index (χ4v) is 3.35. The van der Waals surface area contributed by atoms with Gasteiger partial charge in [-0.05, 0) is 52.9 Å². The largest absolute Gasteiger partial charge is 0.370 e. The first-order chi connectivity index (χ1) is 13.5. The molecular weight excluding hydrogens is 502 g/mol. The van der Waals surface area contributed by atoms with Gasteiger partial charge in [0.15, 0.2) is 23.3 Å². The zero-order valence-corrected chi connectivity index (χ0v) is 17.3. The summed E-state index contributed by atoms with van der Waals surface area (Å²) >= 11 is 1.90. The number of hydrogen-bond acceptors (Lipinski definition) is 4. The van der Waals surface area contributed by atoms with Crippen molar-refractivity contribution in [2.45, 2.75) is 5.72 Å². The number of anilines is 2. The fraction of sp³-hybridized carbons (Fsp3) is 0.222. The topological polar surface area (TPSA) is 106 Å². The van der Waals surface area contributed by atoms with Crippen LogP contribution in [0.5, 0.6) is 0 Å². The Morgan fingerprint density at radius 1 is 1.28 bits per heavy atom. The number of halogens is 4. The van der Waals surface area contributed by atoms with E-state index in [0.29, 0.717) is 3.57 Å². The highest BCUT2D eigenvalue weighted by atomic mass is 127. The number of likely N-dealkylation sites (N-methyl/N-ethyl adjacent to an activating group) is 1. The summed E-state index contributed by atoms with van der Waals surface area (Å²) in [4.78, 5) is 15.1. The van der Waals surface area contributed by atoms with Gasteiger partial charge >= 0.3 is 0 Å². The minimum atomic E-state index is -1.53. The molecule has 154 valence electrons. The van der Waals surface area contributed by atoms with Crippen LogP contribution in [0.25, 0.3) is 0 Å². The Labute approximate surface area is 177 Å². The Bertz CT molecular complexity index is 998. The third kappa shape index (κ3) is 3.96. The molecule has 0 unspecified atom stereocenters. The van der Waals surface area contributed by atoms with Crippen molar-refractivity contribution in [1.82, 2.24) is 9.80 Å². The molecule has 1 fully saturated rings. The number of nitrogens with zero attached hydrogens (tertiary/aromatic N) is 2. The summed E-state index contributed by atoms with van der Waals surface area (Å²) in [5, 5.41) is 20.2. The molecule has 5 N–H and O–H groups in total. The number of hydrogen-bond donors (Lipinski definition) is 4. The van der Waals surface area contributed by atoms with Gasteiger partial charge in [-0.3, -0.25) is 10.2 Å². The highest BCUT2D eigenvalue weighted by molar-refractivity contribution is 14.1. The molecule has 2 aromatic rings. The van der Waals surface area contributed by atoms with Crippen LogP contribution in [0.15, 0.2) is 30.3 Å². The highest BCUT2D eigenvalue weighted by Crippen LogP contribution is 2.32. The smallest absolute Gasteiger partial charge is 0.256 e. The summed E-state index contributed by atoms with van der Waals surface area (Å²) in [5.74, 6) is -4.31. The average molecular weight is 519 g/mol. The molecular formula is C18H17F3IN5O2. The lowest BCUT2D eigenvalue weighted by molar-refractivity contribution is -0.150. The van der Waals surface area contributed by atoms with Gasteiger partial charge in [-0.1, -0.05) is 0 Å². The second kappa shape index (κ2) is 7.71. The summed E-state index contributed by atoms with van der Waals surface area (Å²) in [6, 6.07) is 6.00. The number of aliphatic hydroxyl groups is 1. The van der Waals surface area contributed by atoms with Crippen molar-refractivity contribution < 1.29 is 23.1 Å². The van der Waals surface area contributed by atoms with Crippen molar-refractivity contribution in [2.24, 2.45) is 5.73 Å². The number of rotatable bonds is 4. The first-order valence-electron chi connectivity index (χ1n) is 8.33. The minimum Gasteiger partial charge on any atom is -0.370 e. The normalized spacial score (nSPS) is 14.9. The summed E-state index contributed by atoms with van der Waals surface area (Å²) in [7, 11) is 1.40. The number of amides is 1. The van der Waals surface area contributed by atoms with Crippen LogP contribution in [0.4, 0.5) is 24.5 Å². The predicted octanol–water partition coefficient (Wildman–Crippen LogP) is 2.42. The first-order valence-corrected chi connectivity index (χ1v) is 9.41. The van der Waals surface area contributed by atoms with E-state index >= 15 is 0 Å². The molecule has 0 saturated carbocycles. The molecule has 11 heteroatoms. The zero-order valence-electron chi connectivity index (χ0n) is 15.1. The van der Waals surface area contributed by atoms with Crippen molar-refractivity contribution >= 4 is 45.8 Å². The van der Waals surface area contributed by atoms with E-state index in [4.69, 9.17) is 11.1 Å². The molecule has 0 radical (unpaired) electrons. The van der Waals surface area contributed by atoms with Crippen LogP contribution in [0.1, 0.15) is 10.4 Å². The summed E-state index contributed by atoms with van der Waals surface area (Å²) in [6.07, 6.45) is 0. The van der Waals surface area contributed by atoms with E-state index in [0.717, 1.165) is 17.0 Å². The SMILES string of the molecule is CN(C(=N)N)C1(O)CN(C(=O)c2ccc(F)c(F)c2Nc2ccc(I)cc2F)C1. The number of carbonyl (C=O) groups excluding carboxylic acids is 1. The number of β-amino-alcohol motifs (C(OH)–C–C–N with tert-alkyl or cyclic N) is 1. The molecule has 3 rings (SSSR count). The third-order valence-corrected chi connectivity index (χ3v) is 5.35. The van der Waals surface area contributed by atoms with Gasteiger partial charge in [0, 0.05) is 10.6 Å². The number of nitrogens with two attached hydrogens (primary N) is 1. The molecule has 1 heterocycles. The van der Waals surface area contributed by atoms with Gasteiger partial charge in [-0.25, -0.2) is 13.2 Å². The van der Waals surface area contributed by atoms with Crippen LogP contribution < -0.4 is 11.1 Å². The lowest BCUT2D eigenvalue weighted by atomic mass is 10.00. The van der Waals surface area contributed by atoms with Crippen LogP contribution in [-0.4, -0.2) is 52.6 Å². The van der Waals surface area contributed by atoms with Gasteiger partial charge in [0.1, 0.15) is 5.82 Å². The maximum Gasteiger partial charge on any atom is 0.256 e. The Kier molecular flexibility index (Phi) is 5.63. The number of benzene rings is 2. The summed E-state index contributed by atoms with van der Waals surface area (Å²) in [5.41, 5.74) is 2.95. The van der Waals surface area contributed by atoms with Crippen molar-refractivity contribution in [3.05, 3.63) is 56.9 Å². The summed E-state index contributed by atoms with van der Waals surface area (Å²) in [6.45, 7) is -0.392. The van der Waals surface area contributed by atoms with E-state index in [-0.39, 0.29) is 30.3 Å². The van der Waals surface area contributed by atoms with Crippen LogP contribution in [0.3, 0.4) is 0 Å². The van der Waals surface area contributed by atoms with Gasteiger partial charge in [0.2, 0.25) is 0 Å². The lowest BCUT2D eigenvalue weighted by Crippen LogP contribution is -2.72. The fourth-order valence-electron chi connectivity index (χ4n) is 2.89. The van der Waals surface area contributed by atoms with E-state index in [1.807, 2.05) is 22.6 Å². The van der Waals surface area contributed by atoms with E-state index in [2.05, 4.69) is 5.32 Å². The monoisotopic (exact) mass is 519 g/mol. The second-order valence-electron chi connectivity index (χ2n) is 6.62. The molecule has 0 aromatic heterocycles. The first kappa shape index (κ1) is 21.2. The maximum atomic E-state index is 14.5. The molecule has 0 atom stereocenters. The van der Waals surface area contributed by atoms with E-state index in [1.54, 1.807) is 6.07 Å². The molecule has 1 aliphatic heterocycles. The molecule has 0 bridgehead atoms. The van der Waals surface area contributed by atoms with Crippen molar-refractivity contribution in [3.8, 4) is 0 Å². The van der Waals surface area contributed by atoms with Gasteiger partial charge in [-0.2, -0.15) is 0 Å². The number of nitrogens with one attached hydrogen (secondary N) is 2. The number of guanidine groups is 1. The van der Waals surface area contributed by atoms with Crippen LogP contribution in [-0.2, 0) is 0 Å². The second-order valence-corrected chi connectivity index (χ2v) is 7.87. The third-order valence-electron chi connectivity index (χ3n) is 4.68. The standard InChI is InChI=1S/C18H17F3IN5O2/c1-26(17(23)24)18(29)7-27(8-18)16(28)10-3-4-11(19)14(21)15(10)25-13-5-2-9(22)6-12(13)20/h2-6,25,29H,7-8H2,1H3,(H3,23,24). The van der Waals surface area contributed by atoms with Crippen molar-refractivity contribution in [1.29, 1.82) is 5.41 Å². The maximum absolute atomic E-state index is 14.5. The molecule has 29 heavy (non-hydrogen) atoms. The Hall–Kier alpha value is -2.54. The Balaban J connectivity index is 1.90. The lowest BCUT2D eigenvalue weighted by Gasteiger charge is -2.51. The molecule has 7 nitrogen and oxygen atoms in total. The zero-order chi connectivity index (χ0) is 21.5. The average Bonchev–Trinajstić information content (AvgIpc) is 2.63. The summed E-state index contributed by atoms with van der Waals surface area (Å²) < 4.78 is 43.0. The number of carbonyl (C=O) groups is 1. The minimum absolute atomic E-state index is 0.125. The molecule has 1 amide bonds. The molecule has 0 spiro atoms. The highest BCUT2D eigenvalue weighted by Gasteiger charge is 2.48. The van der Waals surface area contributed by atoms with E-state index in [9.17, 15) is 23.1 Å². The Morgan fingerprint density at radius 3 is 2.52 bits per heavy atom. The Morgan fingerprint density at radius 2 is 1.93 bits per heavy atom. The van der Waals surface area contributed by atoms with Gasteiger partial charge in [0.05, 0.1) is 30.0 Å². The van der Waals surface area contributed by atoms with Gasteiger partial charge in [-0.15, -0.1) is 0 Å². The van der Waals surface area contributed by atoms with Crippen LogP contribution >= 0.6 is 22.6 Å². The molecule has 0 aliphatic carbocycles. The molecule has 1 saturated heterocycles.